The first-order chi connectivity index (χ1) is 10.8. The number of hydrogen-bond donors (Lipinski definition) is 2. The van der Waals surface area contributed by atoms with E-state index in [1.54, 1.807) is 0 Å². The number of aromatic nitrogens is 2. The van der Waals surface area contributed by atoms with Gasteiger partial charge in [-0.2, -0.15) is 9.40 Å². The molecule has 2 N–H and O–H groups in total. The number of amides is 1. The van der Waals surface area contributed by atoms with Gasteiger partial charge in [-0.05, 0) is 25.3 Å². The maximum atomic E-state index is 12.4. The van der Waals surface area contributed by atoms with Crippen LogP contribution in [0.5, 0.6) is 0 Å². The van der Waals surface area contributed by atoms with E-state index >= 15 is 0 Å². The molecule has 2 heterocycles. The van der Waals surface area contributed by atoms with Gasteiger partial charge < -0.3 is 5.32 Å². The summed E-state index contributed by atoms with van der Waals surface area (Å²) < 4.78 is 49.8. The van der Waals surface area contributed by atoms with Crippen molar-refractivity contribution in [3.05, 3.63) is 17.5 Å². The Hall–Kier alpha value is -1.55. The summed E-state index contributed by atoms with van der Waals surface area (Å²) in [6.45, 7) is 0.751. The van der Waals surface area contributed by atoms with Gasteiger partial charge in [-0.1, -0.05) is 6.42 Å². The molecule has 7 nitrogen and oxygen atoms in total. The highest BCUT2D eigenvalue weighted by Crippen LogP contribution is 2.22. The standard InChI is InChI=1S/C13H20F2N4O3S/c1-23(21,22)19-7-3-2-4-9(19)5-6-16-13(20)11-8-10(12(14)15)17-18-11/h8-9,12H,2-7H2,1H3,(H,16,20)(H,17,18)/t9-/m0/s1. The number of hydrogen-bond acceptors (Lipinski definition) is 4. The zero-order valence-corrected chi connectivity index (χ0v) is 13.6. The van der Waals surface area contributed by atoms with Crippen molar-refractivity contribution in [1.29, 1.82) is 0 Å². The lowest BCUT2D eigenvalue weighted by molar-refractivity contribution is 0.0944. The maximum absolute atomic E-state index is 12.4. The third-order valence-electron chi connectivity index (χ3n) is 3.83. The molecule has 0 bridgehead atoms. The van der Waals surface area contributed by atoms with Crippen LogP contribution < -0.4 is 5.32 Å². The number of alkyl halides is 2. The van der Waals surface area contributed by atoms with Crippen molar-refractivity contribution in [2.45, 2.75) is 38.2 Å². The lowest BCUT2D eigenvalue weighted by Gasteiger charge is -2.33. The Morgan fingerprint density at radius 2 is 2.26 bits per heavy atom. The van der Waals surface area contributed by atoms with Gasteiger partial charge >= 0.3 is 0 Å². The molecule has 1 atom stereocenters. The van der Waals surface area contributed by atoms with Crippen LogP contribution in [0.4, 0.5) is 8.78 Å². The Morgan fingerprint density at radius 3 is 2.87 bits per heavy atom. The number of aromatic amines is 1. The Balaban J connectivity index is 1.86. The first kappa shape index (κ1) is 17.8. The van der Waals surface area contributed by atoms with Crippen LogP contribution in [0.2, 0.25) is 0 Å². The minimum absolute atomic E-state index is 0.107. The van der Waals surface area contributed by atoms with Crippen LogP contribution in [0.25, 0.3) is 0 Å². The summed E-state index contributed by atoms with van der Waals surface area (Å²) in [5, 5.41) is 8.22. The van der Waals surface area contributed by atoms with Gasteiger partial charge in [-0.3, -0.25) is 9.89 Å². The van der Waals surface area contributed by atoms with Crippen LogP contribution in [0.3, 0.4) is 0 Å². The average Bonchev–Trinajstić information content (AvgIpc) is 2.96. The summed E-state index contributed by atoms with van der Waals surface area (Å²) in [5.41, 5.74) is -0.519. The SMILES string of the molecule is CS(=O)(=O)N1CCCC[C@H]1CCNC(=O)c1cc(C(F)F)[nH]n1. The summed E-state index contributed by atoms with van der Waals surface area (Å²) >= 11 is 0. The van der Waals surface area contributed by atoms with Crippen molar-refractivity contribution in [1.82, 2.24) is 19.8 Å². The monoisotopic (exact) mass is 350 g/mol. The summed E-state index contributed by atoms with van der Waals surface area (Å²) in [6, 6.07) is 0.860. The Bertz CT molecular complexity index is 647. The van der Waals surface area contributed by atoms with Gasteiger partial charge in [-0.25, -0.2) is 17.2 Å². The molecule has 10 heteroatoms. The molecule has 1 saturated heterocycles. The van der Waals surface area contributed by atoms with E-state index in [0.29, 0.717) is 13.0 Å². The molecular formula is C13H20F2N4O3S. The number of carbonyl (C=O) groups is 1. The molecular weight excluding hydrogens is 330 g/mol. The highest BCUT2D eigenvalue weighted by Gasteiger charge is 2.29. The Morgan fingerprint density at radius 1 is 1.52 bits per heavy atom. The molecule has 0 aromatic carbocycles. The molecule has 1 fully saturated rings. The van der Waals surface area contributed by atoms with Gasteiger partial charge in [0.25, 0.3) is 12.3 Å². The summed E-state index contributed by atoms with van der Waals surface area (Å²) in [6.07, 6.45) is 1.47. The summed E-state index contributed by atoms with van der Waals surface area (Å²) in [7, 11) is -3.26. The quantitative estimate of drug-likeness (QED) is 0.808. The molecule has 1 aliphatic heterocycles. The fraction of sp³-hybridized carbons (Fsp3) is 0.692. The molecule has 0 unspecified atom stereocenters. The molecule has 130 valence electrons. The Labute approximate surface area is 133 Å². The Kier molecular flexibility index (Phi) is 5.69. The number of H-pyrrole nitrogens is 1. The molecule has 23 heavy (non-hydrogen) atoms. The van der Waals surface area contributed by atoms with Crippen molar-refractivity contribution < 1.29 is 22.0 Å². The lowest BCUT2D eigenvalue weighted by Crippen LogP contribution is -2.44. The van der Waals surface area contributed by atoms with Crippen LogP contribution in [0, 0.1) is 0 Å². The molecule has 2 rings (SSSR count). The average molecular weight is 350 g/mol. The maximum Gasteiger partial charge on any atom is 0.279 e. The predicted molar refractivity (Wildman–Crippen MR) is 79.7 cm³/mol. The second-order valence-corrected chi connectivity index (χ2v) is 7.51. The minimum Gasteiger partial charge on any atom is -0.351 e. The smallest absolute Gasteiger partial charge is 0.279 e. The first-order valence-corrected chi connectivity index (χ1v) is 9.22. The van der Waals surface area contributed by atoms with Gasteiger partial charge in [0, 0.05) is 19.1 Å². The van der Waals surface area contributed by atoms with Gasteiger partial charge in [0.05, 0.1) is 6.26 Å². The number of halogens is 2. The normalized spacial score (nSPS) is 19.9. The van der Waals surface area contributed by atoms with Gasteiger partial charge in [0.2, 0.25) is 10.0 Å². The van der Waals surface area contributed by atoms with E-state index in [0.717, 1.165) is 25.3 Å². The van der Waals surface area contributed by atoms with Crippen LogP contribution >= 0.6 is 0 Å². The predicted octanol–water partition coefficient (Wildman–Crippen LogP) is 1.28. The summed E-state index contributed by atoms with van der Waals surface area (Å²) in [4.78, 5) is 11.8. The van der Waals surface area contributed by atoms with E-state index in [1.807, 2.05) is 0 Å². The zero-order valence-electron chi connectivity index (χ0n) is 12.8. The minimum atomic E-state index is -3.26. The highest BCUT2D eigenvalue weighted by atomic mass is 32.2. The number of carbonyl (C=O) groups excluding carboxylic acids is 1. The number of rotatable bonds is 6. The molecule has 1 aromatic rings. The van der Waals surface area contributed by atoms with Crippen molar-refractivity contribution in [2.75, 3.05) is 19.3 Å². The van der Waals surface area contributed by atoms with E-state index in [-0.39, 0.29) is 18.3 Å². The number of sulfonamides is 1. The van der Waals surface area contributed by atoms with Gasteiger partial charge in [-0.15, -0.1) is 0 Å². The first-order valence-electron chi connectivity index (χ1n) is 7.37. The molecule has 0 radical (unpaired) electrons. The number of nitrogens with zero attached hydrogens (tertiary/aromatic N) is 2. The molecule has 1 aromatic heterocycles. The van der Waals surface area contributed by atoms with E-state index < -0.39 is 28.0 Å². The topological polar surface area (TPSA) is 95.2 Å². The van der Waals surface area contributed by atoms with Crippen molar-refractivity contribution in [2.24, 2.45) is 0 Å². The van der Waals surface area contributed by atoms with Crippen molar-refractivity contribution >= 4 is 15.9 Å². The second kappa shape index (κ2) is 7.35. The number of piperidine rings is 1. The molecule has 1 aliphatic rings. The van der Waals surface area contributed by atoms with Gasteiger partial charge in [0.1, 0.15) is 11.4 Å². The van der Waals surface area contributed by atoms with E-state index in [1.165, 1.54) is 10.6 Å². The second-order valence-electron chi connectivity index (χ2n) is 5.58. The van der Waals surface area contributed by atoms with Crippen LogP contribution in [-0.4, -0.2) is 54.2 Å². The fourth-order valence-electron chi connectivity index (χ4n) is 2.71. The third-order valence-corrected chi connectivity index (χ3v) is 5.16. The largest absolute Gasteiger partial charge is 0.351 e. The number of nitrogens with one attached hydrogen (secondary N) is 2. The molecule has 0 aliphatic carbocycles. The van der Waals surface area contributed by atoms with Crippen molar-refractivity contribution in [3.63, 3.8) is 0 Å². The molecule has 1 amide bonds. The van der Waals surface area contributed by atoms with E-state index in [2.05, 4.69) is 15.5 Å². The fourth-order valence-corrected chi connectivity index (χ4v) is 3.92. The van der Waals surface area contributed by atoms with Gasteiger partial charge in [0.15, 0.2) is 0 Å². The molecule has 0 saturated carbocycles. The lowest BCUT2D eigenvalue weighted by atomic mass is 10.0. The van der Waals surface area contributed by atoms with E-state index in [4.69, 9.17) is 0 Å². The third kappa shape index (κ3) is 4.71. The summed E-state index contributed by atoms with van der Waals surface area (Å²) in [5.74, 6) is -0.560. The molecule has 0 spiro atoms. The zero-order chi connectivity index (χ0) is 17.0. The highest BCUT2D eigenvalue weighted by molar-refractivity contribution is 7.88. The van der Waals surface area contributed by atoms with Crippen LogP contribution in [0.15, 0.2) is 6.07 Å². The van der Waals surface area contributed by atoms with E-state index in [9.17, 15) is 22.0 Å². The van der Waals surface area contributed by atoms with Crippen molar-refractivity contribution in [3.8, 4) is 0 Å². The van der Waals surface area contributed by atoms with Crippen LogP contribution in [-0.2, 0) is 10.0 Å². The van der Waals surface area contributed by atoms with Crippen LogP contribution in [0.1, 0.15) is 48.3 Å².